The van der Waals surface area contributed by atoms with Crippen LogP contribution in [0.5, 0.6) is 0 Å². The van der Waals surface area contributed by atoms with Crippen LogP contribution in [0, 0.1) is 0 Å². The molecule has 0 aliphatic heterocycles. The molecule has 0 spiro atoms. The Morgan fingerprint density at radius 3 is 0.500 bits per heavy atom. The summed E-state index contributed by atoms with van der Waals surface area (Å²) in [6, 6.07) is 0. The van der Waals surface area contributed by atoms with E-state index < -0.39 is 0 Å². The zero-order valence-electron chi connectivity index (χ0n) is 2.05. The van der Waals surface area contributed by atoms with Crippen molar-refractivity contribution in [3.05, 3.63) is 12.3 Å². The van der Waals surface area contributed by atoms with Gasteiger partial charge in [-0.2, -0.15) is 0 Å². The molecule has 2 nitrogen and oxygen atoms in total. The van der Waals surface area contributed by atoms with Crippen molar-refractivity contribution >= 4 is 39.6 Å². The van der Waals surface area contributed by atoms with Gasteiger partial charge in [-0.1, -0.05) is 0 Å². The Morgan fingerprint density at radius 2 is 0.500 bits per heavy atom. The molecule has 0 unspecified atom stereocenters. The van der Waals surface area contributed by atoms with E-state index in [0.717, 1.165) is 0 Å². The van der Waals surface area contributed by atoms with Crippen LogP contribution in [0.2, 0.25) is 0 Å². The van der Waals surface area contributed by atoms with E-state index in [1.165, 1.54) is 0 Å². The van der Waals surface area contributed by atoms with Crippen LogP contribution in [-0.4, -0.2) is 39.6 Å². The molecule has 0 N–H and O–H groups in total. The van der Waals surface area contributed by atoms with Gasteiger partial charge in [0.2, 0.25) is 0 Å². The van der Waals surface area contributed by atoms with Crippen molar-refractivity contribution in [1.82, 2.24) is 0 Å². The Kier molecular flexibility index (Phi) is 482. The molecule has 0 radical (unpaired) electrons. The van der Waals surface area contributed by atoms with E-state index in [1.54, 1.807) is 0 Å². The van der Waals surface area contributed by atoms with Gasteiger partial charge in [0.15, 0.2) is 0 Å². The SMILES string of the molecule is [Ga+3].[Ga+3].[N-3].[N-3]. The Balaban J connectivity index is 0. The quantitative estimate of drug-likeness (QED) is 0.449. The number of hydrogen-bond donors (Lipinski definition) is 0. The summed E-state index contributed by atoms with van der Waals surface area (Å²) in [5.41, 5.74) is 0. The van der Waals surface area contributed by atoms with Gasteiger partial charge in [0.1, 0.15) is 0 Å². The molecule has 0 saturated carbocycles. The minimum Gasteiger partial charge on any atom is -3.00 e. The molecule has 16 valence electrons. The molecule has 0 aromatic heterocycles. The molecule has 0 aliphatic carbocycles. The van der Waals surface area contributed by atoms with E-state index in [4.69, 9.17) is 0 Å². The Labute approximate surface area is 52.0 Å². The summed E-state index contributed by atoms with van der Waals surface area (Å²) in [6.07, 6.45) is 0. The maximum absolute atomic E-state index is 0. The number of nitrogens with zero attached hydrogens (tertiary/aromatic N) is 2. The average molecular weight is 167 g/mol. The number of rotatable bonds is 0. The van der Waals surface area contributed by atoms with E-state index in [0.29, 0.717) is 0 Å². The largest absolute Gasteiger partial charge is 3.00 e. The minimum absolute atomic E-state index is 0. The average Bonchev–Trinajstić information content (AvgIpc) is 0. The zero-order chi connectivity index (χ0) is 0. The predicted molar refractivity (Wildman–Crippen MR) is 18.2 cm³/mol. The van der Waals surface area contributed by atoms with E-state index in [2.05, 4.69) is 0 Å². The van der Waals surface area contributed by atoms with Gasteiger partial charge in [0.05, 0.1) is 0 Å². The fraction of sp³-hybridized carbons (Fsp3) is 0. The molecule has 0 heterocycles. The van der Waals surface area contributed by atoms with Crippen molar-refractivity contribution in [2.75, 3.05) is 0 Å². The maximum atomic E-state index is 0. The maximum Gasteiger partial charge on any atom is 3.00 e. The summed E-state index contributed by atoms with van der Waals surface area (Å²) in [5, 5.41) is 0. The van der Waals surface area contributed by atoms with Crippen LogP contribution < -0.4 is 0 Å². The number of hydrogen-bond acceptors (Lipinski definition) is 0. The molecule has 0 amide bonds. The van der Waals surface area contributed by atoms with Crippen molar-refractivity contribution in [1.29, 1.82) is 0 Å². The smallest absolute Gasteiger partial charge is 3.00 e. The second kappa shape index (κ2) is 30.0. The van der Waals surface area contributed by atoms with Crippen molar-refractivity contribution in [2.24, 2.45) is 0 Å². The standard InChI is InChI=1S/2Ga.2N/q2*+3;2*-3. The first kappa shape index (κ1) is 64.2. The second-order valence-corrected chi connectivity index (χ2v) is 0. The third-order valence-electron chi connectivity index (χ3n) is 0. The Bertz CT molecular complexity index is 4.00. The van der Waals surface area contributed by atoms with Crippen molar-refractivity contribution < 1.29 is 0 Å². The molecule has 0 saturated heterocycles. The summed E-state index contributed by atoms with van der Waals surface area (Å²) < 4.78 is 0. The molecule has 4 heavy (non-hydrogen) atoms. The predicted octanol–water partition coefficient (Wildman–Crippen LogP) is -0.184. The van der Waals surface area contributed by atoms with Crippen LogP contribution in [0.25, 0.3) is 12.3 Å². The topological polar surface area (TPSA) is 61.0 Å². The first-order valence-corrected chi connectivity index (χ1v) is 0. The molecule has 4 heteroatoms. The van der Waals surface area contributed by atoms with Crippen LogP contribution in [0.3, 0.4) is 0 Å². The van der Waals surface area contributed by atoms with Crippen molar-refractivity contribution in [3.8, 4) is 0 Å². The molecular weight excluding hydrogens is 167 g/mol. The van der Waals surface area contributed by atoms with Crippen molar-refractivity contribution in [3.63, 3.8) is 0 Å². The summed E-state index contributed by atoms with van der Waals surface area (Å²) in [7, 11) is 0. The van der Waals surface area contributed by atoms with Crippen LogP contribution in [0.4, 0.5) is 0 Å². The van der Waals surface area contributed by atoms with Crippen molar-refractivity contribution in [2.45, 2.75) is 0 Å². The van der Waals surface area contributed by atoms with E-state index in [9.17, 15) is 0 Å². The third kappa shape index (κ3) is 10.8. The summed E-state index contributed by atoms with van der Waals surface area (Å²) >= 11 is 0. The van der Waals surface area contributed by atoms with Gasteiger partial charge in [-0.3, -0.25) is 0 Å². The van der Waals surface area contributed by atoms with Crippen LogP contribution in [0.1, 0.15) is 0 Å². The second-order valence-electron chi connectivity index (χ2n) is 0. The minimum atomic E-state index is 0. The van der Waals surface area contributed by atoms with Crippen LogP contribution >= 0.6 is 0 Å². The van der Waals surface area contributed by atoms with E-state index in [-0.39, 0.29) is 51.9 Å². The molecule has 0 aromatic rings. The fourth-order valence-electron chi connectivity index (χ4n) is 0. The Morgan fingerprint density at radius 1 is 0.500 bits per heavy atom. The molecule has 0 aliphatic rings. The van der Waals surface area contributed by atoms with Gasteiger partial charge in [-0.15, -0.1) is 0 Å². The monoisotopic (exact) mass is 166 g/mol. The normalized spacial score (nSPS) is 0. The molecule has 0 fully saturated rings. The van der Waals surface area contributed by atoms with Crippen LogP contribution in [0.15, 0.2) is 0 Å². The summed E-state index contributed by atoms with van der Waals surface area (Å²) in [5.74, 6) is 0. The van der Waals surface area contributed by atoms with Gasteiger partial charge >= 0.3 is 39.6 Å². The summed E-state index contributed by atoms with van der Waals surface area (Å²) in [4.78, 5) is 0. The van der Waals surface area contributed by atoms with Crippen LogP contribution in [-0.2, 0) is 0 Å². The fourth-order valence-corrected chi connectivity index (χ4v) is 0. The van der Waals surface area contributed by atoms with Gasteiger partial charge < -0.3 is 12.3 Å². The molecule has 0 bridgehead atoms. The van der Waals surface area contributed by atoms with Gasteiger partial charge in [0.25, 0.3) is 0 Å². The summed E-state index contributed by atoms with van der Waals surface area (Å²) in [6.45, 7) is 0. The van der Waals surface area contributed by atoms with Gasteiger partial charge in [-0.05, 0) is 0 Å². The van der Waals surface area contributed by atoms with E-state index in [1.807, 2.05) is 0 Å². The van der Waals surface area contributed by atoms with Gasteiger partial charge in [0, 0.05) is 0 Å². The molecule has 0 aromatic carbocycles. The van der Waals surface area contributed by atoms with Gasteiger partial charge in [-0.25, -0.2) is 0 Å². The molecule has 0 atom stereocenters. The van der Waals surface area contributed by atoms with E-state index >= 15 is 0 Å². The first-order chi connectivity index (χ1) is 0. The Hall–Kier alpha value is 1.19. The molecule has 0 rings (SSSR count). The molecular formula is Ga2N2. The third-order valence-corrected chi connectivity index (χ3v) is 0. The first-order valence-electron chi connectivity index (χ1n) is 0. The zero-order valence-corrected chi connectivity index (χ0v) is 6.89.